The number of rotatable bonds is 16. The van der Waals surface area contributed by atoms with Gasteiger partial charge in [-0.25, -0.2) is 0 Å². The molecule has 0 radical (unpaired) electrons. The lowest BCUT2D eigenvalue weighted by Crippen LogP contribution is -2.25. The van der Waals surface area contributed by atoms with Crippen molar-refractivity contribution in [3.63, 3.8) is 0 Å². The molecule has 0 aromatic heterocycles. The maximum atomic E-state index is 10.4. The van der Waals surface area contributed by atoms with Crippen LogP contribution in [-0.4, -0.2) is 62.1 Å². The SMILES string of the molecule is CCCCOCC(O)COc1c2c(c(OCC(O)COCCCC)c3ccccc13)CC=CC2. The summed E-state index contributed by atoms with van der Waals surface area (Å²) in [5.41, 5.74) is 2.15. The fraction of sp³-hybridized carbons (Fsp3) is 0.571. The van der Waals surface area contributed by atoms with Gasteiger partial charge < -0.3 is 29.2 Å². The van der Waals surface area contributed by atoms with E-state index in [4.69, 9.17) is 18.9 Å². The Labute approximate surface area is 203 Å². The van der Waals surface area contributed by atoms with Gasteiger partial charge in [0.1, 0.15) is 36.9 Å². The van der Waals surface area contributed by atoms with Crippen LogP contribution < -0.4 is 9.47 Å². The van der Waals surface area contributed by atoms with Crippen LogP contribution in [-0.2, 0) is 22.3 Å². The Bertz CT molecular complexity index is 837. The van der Waals surface area contributed by atoms with Crippen molar-refractivity contribution in [2.24, 2.45) is 0 Å². The third-order valence-corrected chi connectivity index (χ3v) is 5.88. The second-order valence-corrected chi connectivity index (χ2v) is 8.83. The largest absolute Gasteiger partial charge is 0.490 e. The highest BCUT2D eigenvalue weighted by Gasteiger charge is 2.23. The van der Waals surface area contributed by atoms with E-state index >= 15 is 0 Å². The number of aliphatic hydroxyl groups is 2. The highest BCUT2D eigenvalue weighted by atomic mass is 16.5. The summed E-state index contributed by atoms with van der Waals surface area (Å²) in [6.45, 7) is 6.39. The third kappa shape index (κ3) is 7.44. The topological polar surface area (TPSA) is 77.4 Å². The molecule has 0 heterocycles. The molecule has 0 spiro atoms. The molecule has 0 fully saturated rings. The van der Waals surface area contributed by atoms with Crippen molar-refractivity contribution in [1.29, 1.82) is 0 Å². The van der Waals surface area contributed by atoms with Gasteiger partial charge in [0.2, 0.25) is 0 Å². The van der Waals surface area contributed by atoms with Crippen LogP contribution in [0.4, 0.5) is 0 Å². The number of hydrogen-bond acceptors (Lipinski definition) is 6. The summed E-state index contributed by atoms with van der Waals surface area (Å²) in [5, 5.41) is 22.6. The molecule has 0 saturated heterocycles. The van der Waals surface area contributed by atoms with Gasteiger partial charge in [-0.2, -0.15) is 0 Å². The average molecular weight is 473 g/mol. The van der Waals surface area contributed by atoms with Crippen LogP contribution in [0.5, 0.6) is 11.5 Å². The van der Waals surface area contributed by atoms with Crippen LogP contribution in [0, 0.1) is 0 Å². The van der Waals surface area contributed by atoms with Gasteiger partial charge in [0, 0.05) is 35.1 Å². The molecule has 2 N–H and O–H groups in total. The fourth-order valence-corrected chi connectivity index (χ4v) is 4.03. The molecule has 34 heavy (non-hydrogen) atoms. The molecule has 2 aromatic carbocycles. The standard InChI is InChI=1S/C28H40O6/c1-3-5-15-31-17-21(29)19-33-27-23-11-7-9-13-25(23)28(26-14-10-8-12-24(26)27)34-20-22(30)18-32-16-6-4-2/h7-11,13,21-22,29-30H,3-6,12,14-20H2,1-2H3. The smallest absolute Gasteiger partial charge is 0.131 e. The van der Waals surface area contributed by atoms with E-state index in [9.17, 15) is 10.2 Å². The lowest BCUT2D eigenvalue weighted by Gasteiger charge is -2.25. The number of fused-ring (bicyclic) bond motifs is 2. The minimum absolute atomic E-state index is 0.167. The van der Waals surface area contributed by atoms with Gasteiger partial charge >= 0.3 is 0 Å². The van der Waals surface area contributed by atoms with Gasteiger partial charge in [-0.15, -0.1) is 0 Å². The Morgan fingerprint density at radius 1 is 0.706 bits per heavy atom. The summed E-state index contributed by atoms with van der Waals surface area (Å²) in [6, 6.07) is 7.99. The van der Waals surface area contributed by atoms with E-state index in [1.54, 1.807) is 0 Å². The van der Waals surface area contributed by atoms with E-state index in [-0.39, 0.29) is 26.4 Å². The lowest BCUT2D eigenvalue weighted by molar-refractivity contribution is 0.0108. The van der Waals surface area contributed by atoms with Crippen LogP contribution in [0.1, 0.15) is 50.7 Å². The molecule has 0 bridgehead atoms. The van der Waals surface area contributed by atoms with Crippen LogP contribution in [0.3, 0.4) is 0 Å². The normalized spacial score (nSPS) is 14.7. The summed E-state index contributed by atoms with van der Waals surface area (Å²) >= 11 is 0. The Balaban J connectivity index is 1.76. The van der Waals surface area contributed by atoms with Crippen molar-refractivity contribution >= 4 is 10.8 Å². The molecule has 188 valence electrons. The van der Waals surface area contributed by atoms with E-state index in [0.29, 0.717) is 13.2 Å². The molecule has 0 saturated carbocycles. The van der Waals surface area contributed by atoms with Gasteiger partial charge in [-0.3, -0.25) is 0 Å². The van der Waals surface area contributed by atoms with Crippen LogP contribution >= 0.6 is 0 Å². The molecule has 2 unspecified atom stereocenters. The molecule has 0 aliphatic heterocycles. The predicted molar refractivity (Wildman–Crippen MR) is 135 cm³/mol. The van der Waals surface area contributed by atoms with Crippen molar-refractivity contribution < 1.29 is 29.2 Å². The van der Waals surface area contributed by atoms with Crippen LogP contribution in [0.15, 0.2) is 36.4 Å². The first kappa shape index (κ1) is 26.5. The first-order valence-electron chi connectivity index (χ1n) is 12.6. The molecule has 1 aliphatic carbocycles. The van der Waals surface area contributed by atoms with Gasteiger partial charge in [-0.1, -0.05) is 63.1 Å². The summed E-state index contributed by atoms with van der Waals surface area (Å²) in [5.74, 6) is 1.58. The third-order valence-electron chi connectivity index (χ3n) is 5.88. The number of allylic oxidation sites excluding steroid dienone is 2. The average Bonchev–Trinajstić information content (AvgIpc) is 2.86. The van der Waals surface area contributed by atoms with E-state index in [1.807, 2.05) is 24.3 Å². The molecule has 6 nitrogen and oxygen atoms in total. The van der Waals surface area contributed by atoms with Crippen molar-refractivity contribution in [3.05, 3.63) is 47.5 Å². The zero-order valence-corrected chi connectivity index (χ0v) is 20.6. The first-order chi connectivity index (χ1) is 16.7. The number of unbranched alkanes of at least 4 members (excludes halogenated alkanes) is 2. The number of benzene rings is 2. The minimum Gasteiger partial charge on any atom is -0.490 e. The van der Waals surface area contributed by atoms with Gasteiger partial charge in [0.25, 0.3) is 0 Å². The molecule has 2 aromatic rings. The van der Waals surface area contributed by atoms with Crippen molar-refractivity contribution in [2.75, 3.05) is 39.6 Å². The fourth-order valence-electron chi connectivity index (χ4n) is 4.03. The van der Waals surface area contributed by atoms with Crippen molar-refractivity contribution in [3.8, 4) is 11.5 Å². The number of ether oxygens (including phenoxy) is 4. The van der Waals surface area contributed by atoms with E-state index in [1.165, 1.54) is 0 Å². The second kappa shape index (κ2) is 14.3. The first-order valence-corrected chi connectivity index (χ1v) is 12.6. The maximum absolute atomic E-state index is 10.4. The highest BCUT2D eigenvalue weighted by Crippen LogP contribution is 2.43. The number of hydrogen-bond donors (Lipinski definition) is 2. The summed E-state index contributed by atoms with van der Waals surface area (Å²) in [4.78, 5) is 0. The maximum Gasteiger partial charge on any atom is 0.131 e. The predicted octanol–water partition coefficient (Wildman–Crippen LogP) is 4.61. The molecule has 3 rings (SSSR count). The Kier molecular flexibility index (Phi) is 11.2. The van der Waals surface area contributed by atoms with Crippen molar-refractivity contribution in [2.45, 2.75) is 64.6 Å². The molecular weight excluding hydrogens is 432 g/mol. The monoisotopic (exact) mass is 472 g/mol. The van der Waals surface area contributed by atoms with Gasteiger partial charge in [0.15, 0.2) is 0 Å². The quantitative estimate of drug-likeness (QED) is 0.275. The van der Waals surface area contributed by atoms with Gasteiger partial charge in [0.05, 0.1) is 13.2 Å². The molecule has 2 atom stereocenters. The highest BCUT2D eigenvalue weighted by molar-refractivity contribution is 5.96. The lowest BCUT2D eigenvalue weighted by atomic mass is 9.90. The molecule has 1 aliphatic rings. The van der Waals surface area contributed by atoms with Crippen LogP contribution in [0.2, 0.25) is 0 Å². The van der Waals surface area contributed by atoms with E-state index in [0.717, 1.165) is 71.9 Å². The molecule has 0 amide bonds. The number of aliphatic hydroxyl groups excluding tert-OH is 2. The Hall–Kier alpha value is -2.12. The van der Waals surface area contributed by atoms with E-state index in [2.05, 4.69) is 26.0 Å². The van der Waals surface area contributed by atoms with Gasteiger partial charge in [-0.05, 0) is 25.7 Å². The zero-order chi connectivity index (χ0) is 24.2. The van der Waals surface area contributed by atoms with E-state index < -0.39 is 12.2 Å². The van der Waals surface area contributed by atoms with Crippen LogP contribution in [0.25, 0.3) is 10.8 Å². The van der Waals surface area contributed by atoms with Crippen molar-refractivity contribution in [1.82, 2.24) is 0 Å². The summed E-state index contributed by atoms with van der Waals surface area (Å²) < 4.78 is 23.5. The Morgan fingerprint density at radius 3 is 1.56 bits per heavy atom. The zero-order valence-electron chi connectivity index (χ0n) is 20.6. The molecule has 6 heteroatoms. The minimum atomic E-state index is -0.691. The summed E-state index contributed by atoms with van der Waals surface area (Å²) in [6.07, 6.45) is 8.45. The second-order valence-electron chi connectivity index (χ2n) is 8.83. The Morgan fingerprint density at radius 2 is 1.15 bits per heavy atom. The summed E-state index contributed by atoms with van der Waals surface area (Å²) in [7, 11) is 0. The molecular formula is C28H40O6.